The van der Waals surface area contributed by atoms with Gasteiger partial charge >= 0.3 is 6.36 Å². The van der Waals surface area contributed by atoms with Crippen molar-refractivity contribution in [3.8, 4) is 5.75 Å². The van der Waals surface area contributed by atoms with Crippen LogP contribution in [0.2, 0.25) is 0 Å². The van der Waals surface area contributed by atoms with Crippen LogP contribution in [0.25, 0.3) is 0 Å². The number of hydrogen-bond donors (Lipinski definition) is 0. The third-order valence-corrected chi connectivity index (χ3v) is 6.75. The van der Waals surface area contributed by atoms with Crippen LogP contribution in [0.3, 0.4) is 0 Å². The van der Waals surface area contributed by atoms with Gasteiger partial charge in [-0.05, 0) is 43.0 Å². The van der Waals surface area contributed by atoms with Crippen molar-refractivity contribution in [2.24, 2.45) is 5.92 Å². The second-order valence-corrected chi connectivity index (χ2v) is 8.71. The highest BCUT2D eigenvalue weighted by molar-refractivity contribution is 7.89. The number of nitrogens with zero attached hydrogens (tertiary/aromatic N) is 2. The van der Waals surface area contributed by atoms with Crippen LogP contribution < -0.4 is 4.74 Å². The van der Waals surface area contributed by atoms with Crippen LogP contribution in [0.1, 0.15) is 19.3 Å². The van der Waals surface area contributed by atoms with Gasteiger partial charge in [-0.15, -0.1) is 13.2 Å². The van der Waals surface area contributed by atoms with Crippen molar-refractivity contribution in [1.29, 1.82) is 0 Å². The predicted octanol–water partition coefficient (Wildman–Crippen LogP) is 2.77. The Balaban J connectivity index is 1.58. The van der Waals surface area contributed by atoms with Crippen LogP contribution in [-0.2, 0) is 14.8 Å². The summed E-state index contributed by atoms with van der Waals surface area (Å²) in [6.45, 7) is 0.887. The van der Waals surface area contributed by atoms with Crippen molar-refractivity contribution >= 4 is 15.9 Å². The molecule has 10 heteroatoms. The maximum absolute atomic E-state index is 12.7. The Labute approximate surface area is 161 Å². The molecule has 1 saturated heterocycles. The van der Waals surface area contributed by atoms with E-state index in [9.17, 15) is 26.4 Å². The molecule has 1 aliphatic carbocycles. The summed E-state index contributed by atoms with van der Waals surface area (Å²) in [5, 5.41) is 0. The van der Waals surface area contributed by atoms with Gasteiger partial charge in [-0.25, -0.2) is 8.42 Å². The van der Waals surface area contributed by atoms with E-state index in [1.807, 2.05) is 6.08 Å². The molecule has 1 aromatic carbocycles. The molecule has 28 heavy (non-hydrogen) atoms. The molecule has 6 nitrogen and oxygen atoms in total. The van der Waals surface area contributed by atoms with Crippen molar-refractivity contribution in [3.05, 3.63) is 36.4 Å². The van der Waals surface area contributed by atoms with E-state index in [-0.39, 0.29) is 29.8 Å². The van der Waals surface area contributed by atoms with Crippen molar-refractivity contribution < 1.29 is 31.1 Å². The Bertz CT molecular complexity index is 829. The number of carbonyl (C=O) groups excluding carboxylic acids is 1. The molecule has 1 heterocycles. The number of carbonyl (C=O) groups is 1. The summed E-state index contributed by atoms with van der Waals surface area (Å²) in [4.78, 5) is 13.9. The van der Waals surface area contributed by atoms with E-state index in [1.165, 1.54) is 4.31 Å². The number of sulfonamides is 1. The van der Waals surface area contributed by atoms with Gasteiger partial charge in [-0.1, -0.05) is 12.2 Å². The van der Waals surface area contributed by atoms with Crippen molar-refractivity contribution in [2.45, 2.75) is 30.5 Å². The molecule has 2 aliphatic rings. The highest BCUT2D eigenvalue weighted by Crippen LogP contribution is 2.26. The molecule has 1 amide bonds. The number of amides is 1. The first-order valence-electron chi connectivity index (χ1n) is 8.95. The summed E-state index contributed by atoms with van der Waals surface area (Å²) in [5.74, 6) is -0.211. The summed E-state index contributed by atoms with van der Waals surface area (Å²) in [6.07, 6.45) is 1.66. The molecule has 3 rings (SSSR count). The van der Waals surface area contributed by atoms with E-state index in [0.717, 1.165) is 37.1 Å². The Morgan fingerprint density at radius 2 is 1.75 bits per heavy atom. The molecule has 1 unspecified atom stereocenters. The quantitative estimate of drug-likeness (QED) is 0.690. The third-order valence-electron chi connectivity index (χ3n) is 4.84. The molecule has 0 saturated carbocycles. The van der Waals surface area contributed by atoms with Crippen LogP contribution in [0.4, 0.5) is 13.2 Å². The van der Waals surface area contributed by atoms with Gasteiger partial charge in [-0.2, -0.15) is 4.31 Å². The van der Waals surface area contributed by atoms with Gasteiger partial charge in [0.2, 0.25) is 15.9 Å². The van der Waals surface area contributed by atoms with Crippen molar-refractivity contribution in [1.82, 2.24) is 9.21 Å². The molecule has 1 fully saturated rings. The van der Waals surface area contributed by atoms with Gasteiger partial charge in [0.05, 0.1) is 4.90 Å². The largest absolute Gasteiger partial charge is 0.573 e. The standard InChI is InChI=1S/C18H21F3N2O4S/c19-18(20,21)27-15-5-7-16(8-6-15)28(25,26)23-11-9-22(10-12-23)17(24)13-14-3-1-2-4-14/h1,3,5-8,14H,2,4,9-13H2. The Hall–Kier alpha value is -2.07. The molecular formula is C18H21F3N2O4S. The Morgan fingerprint density at radius 3 is 2.29 bits per heavy atom. The smallest absolute Gasteiger partial charge is 0.406 e. The molecular weight excluding hydrogens is 397 g/mol. The second kappa shape index (κ2) is 8.12. The SMILES string of the molecule is O=C(CC1C=CCC1)N1CCN(S(=O)(=O)c2ccc(OC(F)(F)F)cc2)CC1. The predicted molar refractivity (Wildman–Crippen MR) is 94.9 cm³/mol. The minimum absolute atomic E-state index is 0.0160. The molecule has 1 aliphatic heterocycles. The number of piperazine rings is 1. The lowest BCUT2D eigenvalue weighted by atomic mass is 10.0. The summed E-state index contributed by atoms with van der Waals surface area (Å²) < 4.78 is 67.0. The number of benzene rings is 1. The number of hydrogen-bond acceptors (Lipinski definition) is 4. The normalized spacial score (nSPS) is 21.1. The van der Waals surface area contributed by atoms with Crippen molar-refractivity contribution in [2.75, 3.05) is 26.2 Å². The summed E-state index contributed by atoms with van der Waals surface area (Å²) in [7, 11) is -3.85. The monoisotopic (exact) mass is 418 g/mol. The zero-order chi connectivity index (χ0) is 20.4. The van der Waals surface area contributed by atoms with Crippen molar-refractivity contribution in [3.63, 3.8) is 0 Å². The molecule has 0 spiro atoms. The topological polar surface area (TPSA) is 66.9 Å². The van der Waals surface area contributed by atoms with Crippen LogP contribution in [0.5, 0.6) is 5.75 Å². The summed E-state index contributed by atoms with van der Waals surface area (Å²) in [5.41, 5.74) is 0. The lowest BCUT2D eigenvalue weighted by Gasteiger charge is -2.34. The van der Waals surface area contributed by atoms with Crippen LogP contribution >= 0.6 is 0 Å². The zero-order valence-electron chi connectivity index (χ0n) is 15.1. The fourth-order valence-electron chi connectivity index (χ4n) is 3.36. The minimum Gasteiger partial charge on any atom is -0.406 e. The summed E-state index contributed by atoms with van der Waals surface area (Å²) >= 11 is 0. The van der Waals surface area contributed by atoms with Crippen LogP contribution in [0, 0.1) is 5.92 Å². The fraction of sp³-hybridized carbons (Fsp3) is 0.500. The van der Waals surface area contributed by atoms with E-state index < -0.39 is 22.1 Å². The van der Waals surface area contributed by atoms with Gasteiger partial charge in [0.15, 0.2) is 0 Å². The lowest BCUT2D eigenvalue weighted by molar-refractivity contribution is -0.274. The van der Waals surface area contributed by atoms with E-state index in [4.69, 9.17) is 0 Å². The number of rotatable bonds is 5. The molecule has 0 aromatic heterocycles. The highest BCUT2D eigenvalue weighted by Gasteiger charge is 2.33. The first kappa shape index (κ1) is 20.7. The van der Waals surface area contributed by atoms with Gasteiger partial charge in [0.1, 0.15) is 5.75 Å². The first-order valence-corrected chi connectivity index (χ1v) is 10.4. The average molecular weight is 418 g/mol. The first-order chi connectivity index (χ1) is 13.1. The average Bonchev–Trinajstić information content (AvgIpc) is 3.14. The lowest BCUT2D eigenvalue weighted by Crippen LogP contribution is -2.50. The fourth-order valence-corrected chi connectivity index (χ4v) is 4.78. The van der Waals surface area contributed by atoms with Gasteiger partial charge in [-0.3, -0.25) is 4.79 Å². The van der Waals surface area contributed by atoms with Crippen LogP contribution in [0.15, 0.2) is 41.3 Å². The highest BCUT2D eigenvalue weighted by atomic mass is 32.2. The molecule has 0 N–H and O–H groups in total. The van der Waals surface area contributed by atoms with Crippen LogP contribution in [-0.4, -0.2) is 56.1 Å². The van der Waals surface area contributed by atoms with Gasteiger partial charge in [0.25, 0.3) is 0 Å². The Morgan fingerprint density at radius 1 is 1.11 bits per heavy atom. The number of allylic oxidation sites excluding steroid dienone is 2. The molecule has 1 atom stereocenters. The zero-order valence-corrected chi connectivity index (χ0v) is 15.9. The summed E-state index contributed by atoms with van der Waals surface area (Å²) in [6, 6.07) is 4.10. The van der Waals surface area contributed by atoms with E-state index >= 15 is 0 Å². The maximum Gasteiger partial charge on any atom is 0.573 e. The number of ether oxygens (including phenoxy) is 1. The van der Waals surface area contributed by atoms with Gasteiger partial charge < -0.3 is 9.64 Å². The Kier molecular flexibility index (Phi) is 5.99. The molecule has 0 bridgehead atoms. The number of halogens is 3. The molecule has 154 valence electrons. The van der Waals surface area contributed by atoms with E-state index in [1.54, 1.807) is 4.90 Å². The van der Waals surface area contributed by atoms with E-state index in [0.29, 0.717) is 19.5 Å². The minimum atomic E-state index is -4.84. The van der Waals surface area contributed by atoms with Gasteiger partial charge in [0, 0.05) is 32.6 Å². The number of alkyl halides is 3. The maximum atomic E-state index is 12.7. The van der Waals surface area contributed by atoms with E-state index in [2.05, 4.69) is 10.8 Å². The third kappa shape index (κ3) is 5.05. The second-order valence-electron chi connectivity index (χ2n) is 6.77. The molecule has 1 aromatic rings. The molecule has 0 radical (unpaired) electrons.